The van der Waals surface area contributed by atoms with E-state index in [1.807, 2.05) is 32.0 Å². The Hall–Kier alpha value is -2.41. The molecule has 8 heteroatoms. The number of methoxy groups -OCH3 is 1. The predicted octanol–water partition coefficient (Wildman–Crippen LogP) is 3.87. The molecule has 0 atom stereocenters. The number of H-pyrrole nitrogens is 1. The van der Waals surface area contributed by atoms with Crippen molar-refractivity contribution in [2.45, 2.75) is 40.3 Å². The number of nitrogens with zero attached hydrogens (tertiary/aromatic N) is 1. The minimum absolute atomic E-state index is 0.00504. The Balaban J connectivity index is 2.22. The highest BCUT2D eigenvalue weighted by Gasteiger charge is 2.15. The summed E-state index contributed by atoms with van der Waals surface area (Å²) in [7, 11) is 1.60. The minimum atomic E-state index is -0.481. The Kier molecular flexibility index (Phi) is 7.36. The van der Waals surface area contributed by atoms with Crippen LogP contribution in [0.25, 0.3) is 0 Å². The molecule has 1 heterocycles. The second kappa shape index (κ2) is 9.50. The van der Waals surface area contributed by atoms with Crippen LogP contribution in [0.3, 0.4) is 0 Å². The highest BCUT2D eigenvalue weighted by Crippen LogP contribution is 2.31. The summed E-state index contributed by atoms with van der Waals surface area (Å²) in [5, 5.41) is 9.40. The third kappa shape index (κ3) is 5.79. The lowest BCUT2D eigenvalue weighted by molar-refractivity contribution is 0.231. The number of aromatic nitrogens is 2. The highest BCUT2D eigenvalue weighted by molar-refractivity contribution is 6.33. The second-order valence-corrected chi connectivity index (χ2v) is 7.14. The fraction of sp³-hybridized carbons (Fsp3) is 0.474. The molecule has 27 heavy (non-hydrogen) atoms. The molecule has 1 aromatic carbocycles. The zero-order valence-corrected chi connectivity index (χ0v) is 17.0. The van der Waals surface area contributed by atoms with Crippen LogP contribution in [-0.2, 0) is 6.54 Å². The normalized spacial score (nSPS) is 11.0. The van der Waals surface area contributed by atoms with E-state index in [9.17, 15) is 4.79 Å². The molecule has 0 unspecified atom stereocenters. The van der Waals surface area contributed by atoms with Crippen molar-refractivity contribution < 1.29 is 14.2 Å². The average Bonchev–Trinajstić information content (AvgIpc) is 2.62. The molecule has 0 radical (unpaired) electrons. The van der Waals surface area contributed by atoms with Crippen LogP contribution in [0.1, 0.15) is 33.3 Å². The summed E-state index contributed by atoms with van der Waals surface area (Å²) in [6.45, 7) is 8.88. The molecule has 0 saturated heterocycles. The number of anilines is 1. The van der Waals surface area contributed by atoms with Crippen LogP contribution in [0.15, 0.2) is 23.0 Å². The monoisotopic (exact) mass is 395 g/mol. The third-order valence-corrected chi connectivity index (χ3v) is 3.87. The van der Waals surface area contributed by atoms with Crippen molar-refractivity contribution in [3.63, 3.8) is 0 Å². The van der Waals surface area contributed by atoms with Crippen molar-refractivity contribution in [2.24, 2.45) is 5.92 Å². The van der Waals surface area contributed by atoms with E-state index >= 15 is 0 Å². The number of aromatic amines is 1. The van der Waals surface area contributed by atoms with Gasteiger partial charge in [-0.2, -0.15) is 0 Å². The van der Waals surface area contributed by atoms with Crippen LogP contribution in [-0.4, -0.2) is 30.0 Å². The summed E-state index contributed by atoms with van der Waals surface area (Å²) < 4.78 is 16.8. The number of nitrogens with one attached hydrogen (secondary N) is 2. The van der Waals surface area contributed by atoms with Gasteiger partial charge in [0, 0.05) is 6.54 Å². The molecule has 0 fully saturated rings. The van der Waals surface area contributed by atoms with Gasteiger partial charge in [-0.25, -0.2) is 5.10 Å². The largest absolute Gasteiger partial charge is 0.493 e. The van der Waals surface area contributed by atoms with Gasteiger partial charge in [0.05, 0.1) is 19.8 Å². The van der Waals surface area contributed by atoms with E-state index in [1.165, 1.54) is 0 Å². The molecule has 0 aliphatic carbocycles. The zero-order valence-electron chi connectivity index (χ0n) is 16.3. The van der Waals surface area contributed by atoms with Crippen LogP contribution < -0.4 is 25.1 Å². The number of ether oxygens (including phenoxy) is 3. The van der Waals surface area contributed by atoms with Crippen molar-refractivity contribution in [1.82, 2.24) is 10.2 Å². The highest BCUT2D eigenvalue weighted by atomic mass is 35.5. The second-order valence-electron chi connectivity index (χ2n) is 6.76. The summed E-state index contributed by atoms with van der Waals surface area (Å²) in [4.78, 5) is 11.8. The lowest BCUT2D eigenvalue weighted by atomic mass is 10.2. The zero-order chi connectivity index (χ0) is 20.0. The molecule has 2 rings (SSSR count). The van der Waals surface area contributed by atoms with E-state index in [1.54, 1.807) is 7.11 Å². The average molecular weight is 396 g/mol. The first-order valence-electron chi connectivity index (χ1n) is 8.80. The molecule has 0 aliphatic rings. The van der Waals surface area contributed by atoms with Crippen LogP contribution in [0, 0.1) is 5.92 Å². The van der Waals surface area contributed by atoms with Gasteiger partial charge in [0.2, 0.25) is 0 Å². The fourth-order valence-electron chi connectivity index (χ4n) is 2.27. The van der Waals surface area contributed by atoms with Gasteiger partial charge >= 0.3 is 0 Å². The number of halogens is 1. The molecule has 7 nitrogen and oxygen atoms in total. The first-order chi connectivity index (χ1) is 12.8. The van der Waals surface area contributed by atoms with Gasteiger partial charge < -0.3 is 19.5 Å². The lowest BCUT2D eigenvalue weighted by Crippen LogP contribution is -2.17. The molecule has 0 bridgehead atoms. The molecule has 2 aromatic rings. The first kappa shape index (κ1) is 20.9. The van der Waals surface area contributed by atoms with E-state index in [2.05, 4.69) is 29.4 Å². The summed E-state index contributed by atoms with van der Waals surface area (Å²) in [5.41, 5.74) is 0.807. The lowest BCUT2D eigenvalue weighted by Gasteiger charge is -2.16. The minimum Gasteiger partial charge on any atom is -0.493 e. The van der Waals surface area contributed by atoms with Gasteiger partial charge in [0.25, 0.3) is 11.4 Å². The maximum absolute atomic E-state index is 11.8. The molecule has 0 amide bonds. The molecule has 0 aliphatic heterocycles. The van der Waals surface area contributed by atoms with Gasteiger partial charge in [-0.1, -0.05) is 31.5 Å². The molecule has 2 N–H and O–H groups in total. The Morgan fingerprint density at radius 1 is 1.22 bits per heavy atom. The van der Waals surface area contributed by atoms with Crippen LogP contribution in [0.2, 0.25) is 5.02 Å². The van der Waals surface area contributed by atoms with Crippen molar-refractivity contribution in [1.29, 1.82) is 0 Å². The van der Waals surface area contributed by atoms with Crippen molar-refractivity contribution in [3.8, 4) is 17.4 Å². The molecular weight excluding hydrogens is 370 g/mol. The SMILES string of the molecule is COc1ccc(CNc2c(OC(C)C)n[nH]c(=O)c2Cl)cc1OCC(C)C. The number of benzene rings is 1. The number of hydrogen-bond acceptors (Lipinski definition) is 6. The molecule has 148 valence electrons. The third-order valence-electron chi connectivity index (χ3n) is 3.51. The fourth-order valence-corrected chi connectivity index (χ4v) is 2.46. The van der Waals surface area contributed by atoms with E-state index in [-0.39, 0.29) is 17.0 Å². The number of rotatable bonds is 9. The van der Waals surface area contributed by atoms with Crippen LogP contribution in [0.4, 0.5) is 5.69 Å². The van der Waals surface area contributed by atoms with Gasteiger partial charge in [-0.15, -0.1) is 5.10 Å². The summed E-state index contributed by atoms with van der Waals surface area (Å²) >= 11 is 6.14. The Labute approximate surface area is 164 Å². The van der Waals surface area contributed by atoms with Gasteiger partial charge in [-0.3, -0.25) is 4.79 Å². The van der Waals surface area contributed by atoms with Gasteiger partial charge in [0.1, 0.15) is 10.7 Å². The van der Waals surface area contributed by atoms with Gasteiger partial charge in [0.15, 0.2) is 11.5 Å². The van der Waals surface area contributed by atoms with Crippen LogP contribution >= 0.6 is 11.6 Å². The van der Waals surface area contributed by atoms with E-state index in [0.717, 1.165) is 5.56 Å². The molecule has 0 spiro atoms. The standard InChI is InChI=1S/C19H26ClN3O4/c1-11(2)10-26-15-8-13(6-7-14(15)25-5)9-21-17-16(20)18(24)22-23-19(17)27-12(3)4/h6-8,11-12H,9-10H2,1-5H3,(H2,21,22,24). The molecular formula is C19H26ClN3O4. The number of hydrogen-bond donors (Lipinski definition) is 2. The van der Waals surface area contributed by atoms with Crippen LogP contribution in [0.5, 0.6) is 17.4 Å². The predicted molar refractivity (Wildman–Crippen MR) is 106 cm³/mol. The topological polar surface area (TPSA) is 85.5 Å². The quantitative estimate of drug-likeness (QED) is 0.670. The Morgan fingerprint density at radius 3 is 2.59 bits per heavy atom. The van der Waals surface area contributed by atoms with Crippen molar-refractivity contribution in [2.75, 3.05) is 19.0 Å². The first-order valence-corrected chi connectivity index (χ1v) is 9.18. The summed E-state index contributed by atoms with van der Waals surface area (Å²) in [6.07, 6.45) is -0.114. The summed E-state index contributed by atoms with van der Waals surface area (Å²) in [5.74, 6) is 1.98. The Bertz CT molecular complexity index is 821. The molecule has 0 saturated carbocycles. The molecule has 1 aromatic heterocycles. The maximum Gasteiger partial charge on any atom is 0.285 e. The Morgan fingerprint density at radius 2 is 1.96 bits per heavy atom. The van der Waals surface area contributed by atoms with E-state index in [0.29, 0.717) is 36.3 Å². The van der Waals surface area contributed by atoms with E-state index in [4.69, 9.17) is 25.8 Å². The van der Waals surface area contributed by atoms with E-state index < -0.39 is 5.56 Å². The smallest absolute Gasteiger partial charge is 0.285 e. The van der Waals surface area contributed by atoms with Crippen molar-refractivity contribution >= 4 is 17.3 Å². The summed E-state index contributed by atoms with van der Waals surface area (Å²) in [6, 6.07) is 5.65. The van der Waals surface area contributed by atoms with Crippen molar-refractivity contribution in [3.05, 3.63) is 39.1 Å². The van der Waals surface area contributed by atoms with Gasteiger partial charge in [-0.05, 0) is 37.5 Å². The maximum atomic E-state index is 11.8.